The molecule has 0 fully saturated rings. The second kappa shape index (κ2) is 16.8. The molecular weight excluding hydrogens is 506 g/mol. The highest BCUT2D eigenvalue weighted by molar-refractivity contribution is 6.38. The smallest absolute Gasteiger partial charge is 0.326 e. The molecule has 0 radical (unpaired) electrons. The van der Waals surface area contributed by atoms with Crippen LogP contribution in [0.5, 0.6) is 0 Å². The zero-order valence-electron chi connectivity index (χ0n) is 24.8. The van der Waals surface area contributed by atoms with Crippen molar-refractivity contribution in [3.8, 4) is 0 Å². The van der Waals surface area contributed by atoms with Crippen LogP contribution in [-0.4, -0.2) is 70.7 Å². The summed E-state index contributed by atoms with van der Waals surface area (Å²) in [5.74, 6) is -6.03. The Morgan fingerprint density at radius 3 is 1.59 bits per heavy atom. The van der Waals surface area contributed by atoms with Crippen molar-refractivity contribution in [3.63, 3.8) is 0 Å². The van der Waals surface area contributed by atoms with Gasteiger partial charge in [-0.3, -0.25) is 24.0 Å². The topological polar surface area (TPSA) is 197 Å². The van der Waals surface area contributed by atoms with Crippen LogP contribution in [0.1, 0.15) is 81.6 Å². The van der Waals surface area contributed by atoms with Crippen LogP contribution in [0, 0.1) is 23.7 Å². The number of carbonyl (C=O) groups excluding carboxylic acids is 5. The Labute approximate surface area is 232 Å². The number of nitrogens with one attached hydrogen (secondary N) is 4. The number of rotatable bonds is 17. The third kappa shape index (κ3) is 12.1. The van der Waals surface area contributed by atoms with Crippen molar-refractivity contribution in [2.24, 2.45) is 29.4 Å². The van der Waals surface area contributed by atoms with Gasteiger partial charge < -0.3 is 32.1 Å². The molecule has 0 spiro atoms. The predicted octanol–water partition coefficient (Wildman–Crippen LogP) is 0.721. The molecule has 12 nitrogen and oxygen atoms in total. The third-order valence-corrected chi connectivity index (χ3v) is 6.26. The zero-order valence-corrected chi connectivity index (χ0v) is 24.8. The molecule has 0 saturated carbocycles. The van der Waals surface area contributed by atoms with E-state index in [-0.39, 0.29) is 30.6 Å². The first-order valence-electron chi connectivity index (χ1n) is 13.7. The molecule has 5 atom stereocenters. The predicted molar refractivity (Wildman–Crippen MR) is 147 cm³/mol. The number of carbonyl (C=O) groups is 6. The molecule has 0 unspecified atom stereocenters. The molecule has 0 aliphatic rings. The lowest BCUT2D eigenvalue weighted by Crippen LogP contribution is -2.59. The van der Waals surface area contributed by atoms with Crippen LogP contribution < -0.4 is 27.0 Å². The average Bonchev–Trinajstić information content (AvgIpc) is 2.82. The van der Waals surface area contributed by atoms with Gasteiger partial charge in [0.05, 0.1) is 12.1 Å². The summed E-state index contributed by atoms with van der Waals surface area (Å²) in [5.41, 5.74) is 5.90. The van der Waals surface area contributed by atoms with Crippen LogP contribution >= 0.6 is 0 Å². The summed E-state index contributed by atoms with van der Waals surface area (Å²) in [6, 6.07) is -5.32. The second-order valence-corrected chi connectivity index (χ2v) is 11.4. The SMILES string of the molecule is CCC[C@H](NC(=O)[C@@H](NC(=O)[C@@H](N)C(C)C)C(C)C)C(=O)C(=O)N[C@H](CC(C)C)C(=O)N[C@H](C(=O)O)C(C)C. The largest absolute Gasteiger partial charge is 0.480 e. The summed E-state index contributed by atoms with van der Waals surface area (Å²) in [4.78, 5) is 76.0. The Morgan fingerprint density at radius 1 is 0.667 bits per heavy atom. The fourth-order valence-corrected chi connectivity index (χ4v) is 3.76. The van der Waals surface area contributed by atoms with Crippen LogP contribution in [-0.2, 0) is 28.8 Å². The van der Waals surface area contributed by atoms with Crippen molar-refractivity contribution < 1.29 is 33.9 Å². The Morgan fingerprint density at radius 2 is 1.18 bits per heavy atom. The number of amides is 4. The van der Waals surface area contributed by atoms with E-state index in [0.717, 1.165) is 0 Å². The maximum absolute atomic E-state index is 13.1. The maximum atomic E-state index is 13.1. The lowest BCUT2D eigenvalue weighted by Gasteiger charge is -2.27. The molecule has 12 heteroatoms. The van der Waals surface area contributed by atoms with Gasteiger partial charge in [-0.25, -0.2) is 4.79 Å². The molecule has 7 N–H and O–H groups in total. The fraction of sp³-hybridized carbons (Fsp3) is 0.778. The number of ketones is 1. The summed E-state index contributed by atoms with van der Waals surface area (Å²) in [7, 11) is 0. The molecule has 0 saturated heterocycles. The summed E-state index contributed by atoms with van der Waals surface area (Å²) in [6.45, 7) is 15.7. The highest BCUT2D eigenvalue weighted by Gasteiger charge is 2.35. The molecule has 0 bridgehead atoms. The van der Waals surface area contributed by atoms with Crippen molar-refractivity contribution in [1.82, 2.24) is 21.3 Å². The van der Waals surface area contributed by atoms with Gasteiger partial charge in [0, 0.05) is 0 Å². The van der Waals surface area contributed by atoms with Crippen molar-refractivity contribution in [2.45, 2.75) is 112 Å². The number of carboxylic acids is 1. The molecule has 0 heterocycles. The van der Waals surface area contributed by atoms with Crippen LogP contribution in [0.4, 0.5) is 0 Å². The van der Waals surface area contributed by atoms with E-state index >= 15 is 0 Å². The van der Waals surface area contributed by atoms with Gasteiger partial charge in [-0.1, -0.05) is 68.7 Å². The van der Waals surface area contributed by atoms with Crippen molar-refractivity contribution in [1.29, 1.82) is 0 Å². The van der Waals surface area contributed by atoms with Gasteiger partial charge in [-0.15, -0.1) is 0 Å². The number of hydrogen-bond donors (Lipinski definition) is 6. The lowest BCUT2D eigenvalue weighted by molar-refractivity contribution is -0.144. The highest BCUT2D eigenvalue weighted by atomic mass is 16.4. The first-order valence-corrected chi connectivity index (χ1v) is 13.7. The van der Waals surface area contributed by atoms with Gasteiger partial charge in [-0.2, -0.15) is 0 Å². The Kier molecular flexibility index (Phi) is 15.5. The van der Waals surface area contributed by atoms with E-state index < -0.39 is 71.5 Å². The second-order valence-electron chi connectivity index (χ2n) is 11.4. The fourth-order valence-electron chi connectivity index (χ4n) is 3.76. The Balaban J connectivity index is 5.71. The third-order valence-electron chi connectivity index (χ3n) is 6.26. The number of hydrogen-bond acceptors (Lipinski definition) is 7. The van der Waals surface area contributed by atoms with Crippen LogP contribution in [0.25, 0.3) is 0 Å². The summed E-state index contributed by atoms with van der Waals surface area (Å²) in [5, 5.41) is 19.5. The Hall–Kier alpha value is -3.02. The van der Waals surface area contributed by atoms with Crippen LogP contribution in [0.3, 0.4) is 0 Å². The molecule has 0 aromatic carbocycles. The van der Waals surface area contributed by atoms with Gasteiger partial charge in [0.1, 0.15) is 18.1 Å². The van der Waals surface area contributed by atoms with E-state index in [0.29, 0.717) is 6.42 Å². The molecule has 0 aromatic heterocycles. The van der Waals surface area contributed by atoms with E-state index in [9.17, 15) is 33.9 Å². The highest BCUT2D eigenvalue weighted by Crippen LogP contribution is 2.10. The number of aliphatic carboxylic acids is 1. The minimum absolute atomic E-state index is 0.0581. The van der Waals surface area contributed by atoms with Gasteiger partial charge in [0.25, 0.3) is 5.91 Å². The summed E-state index contributed by atoms with van der Waals surface area (Å²) >= 11 is 0. The normalized spacial score (nSPS) is 15.3. The van der Waals surface area contributed by atoms with E-state index in [1.54, 1.807) is 48.5 Å². The molecule has 4 amide bonds. The maximum Gasteiger partial charge on any atom is 0.326 e. The van der Waals surface area contributed by atoms with Gasteiger partial charge in [0.2, 0.25) is 23.5 Å². The van der Waals surface area contributed by atoms with Gasteiger partial charge in [0.15, 0.2) is 0 Å². The first kappa shape index (κ1) is 36.0. The molecule has 0 aliphatic heterocycles. The molecule has 0 aromatic rings. The Bertz CT molecular complexity index is 873. The van der Waals surface area contributed by atoms with Gasteiger partial charge >= 0.3 is 5.97 Å². The van der Waals surface area contributed by atoms with Crippen molar-refractivity contribution in [3.05, 3.63) is 0 Å². The van der Waals surface area contributed by atoms with E-state index in [4.69, 9.17) is 5.73 Å². The monoisotopic (exact) mass is 555 g/mol. The quantitative estimate of drug-likeness (QED) is 0.141. The van der Waals surface area contributed by atoms with E-state index in [1.807, 2.05) is 13.8 Å². The number of Topliss-reactive ketones (excluding diaryl/α,β-unsaturated/α-hetero) is 1. The first-order chi connectivity index (χ1) is 17.9. The number of nitrogens with two attached hydrogens (primary N) is 1. The zero-order chi connectivity index (χ0) is 30.6. The molecule has 0 rings (SSSR count). The van der Waals surface area contributed by atoms with Gasteiger partial charge in [-0.05, 0) is 36.5 Å². The van der Waals surface area contributed by atoms with Crippen LogP contribution in [0.15, 0.2) is 0 Å². The van der Waals surface area contributed by atoms with Crippen molar-refractivity contribution in [2.75, 3.05) is 0 Å². The van der Waals surface area contributed by atoms with E-state index in [2.05, 4.69) is 21.3 Å². The minimum Gasteiger partial charge on any atom is -0.480 e. The molecule has 224 valence electrons. The van der Waals surface area contributed by atoms with E-state index in [1.165, 1.54) is 0 Å². The standard InChI is InChI=1S/C27H49N5O7/c1-10-11-17(29-25(36)20(15(6)7)31-24(35)19(28)14(4)5)22(33)26(37)30-18(12-13(2)3)23(34)32-21(16(8)9)27(38)39/h13-21H,10-12,28H2,1-9H3,(H,29,36)(H,30,37)(H,31,35)(H,32,34)(H,38,39)/t17-,18+,19-,20-,21-/m0/s1. The van der Waals surface area contributed by atoms with Crippen molar-refractivity contribution >= 4 is 35.4 Å². The lowest BCUT2D eigenvalue weighted by atomic mass is 9.98. The molecule has 39 heavy (non-hydrogen) atoms. The summed E-state index contributed by atoms with van der Waals surface area (Å²) in [6.07, 6.45) is 0.779. The molecular formula is C27H49N5O7. The summed E-state index contributed by atoms with van der Waals surface area (Å²) < 4.78 is 0. The number of carboxylic acid groups (broad SMARTS) is 1. The minimum atomic E-state index is -1.21. The average molecular weight is 556 g/mol. The van der Waals surface area contributed by atoms with Crippen LogP contribution in [0.2, 0.25) is 0 Å². The molecule has 0 aliphatic carbocycles.